The first-order valence-corrected chi connectivity index (χ1v) is 9.65. The molecule has 0 heterocycles. The van der Waals surface area contributed by atoms with Gasteiger partial charge in [-0.1, -0.05) is 26.0 Å². The highest BCUT2D eigenvalue weighted by atomic mass is 32.2. The summed E-state index contributed by atoms with van der Waals surface area (Å²) in [6.07, 6.45) is 0. The van der Waals surface area contributed by atoms with Crippen molar-refractivity contribution >= 4 is 21.6 Å². The number of nitrogens with one attached hydrogen (secondary N) is 2. The minimum Gasteiger partial charge on any atom is -0.352 e. The molecule has 0 bridgehead atoms. The highest BCUT2D eigenvalue weighted by Gasteiger charge is 2.17. The van der Waals surface area contributed by atoms with E-state index >= 15 is 0 Å². The lowest BCUT2D eigenvalue weighted by molar-refractivity contribution is 0.0949. The van der Waals surface area contributed by atoms with Gasteiger partial charge < -0.3 is 5.32 Å². The second kappa shape index (κ2) is 7.70. The zero-order valence-electron chi connectivity index (χ0n) is 15.0. The van der Waals surface area contributed by atoms with Crippen LogP contribution in [0.4, 0.5) is 5.69 Å². The molecule has 0 radical (unpaired) electrons. The zero-order chi connectivity index (χ0) is 18.6. The highest BCUT2D eigenvalue weighted by Crippen LogP contribution is 2.19. The van der Waals surface area contributed by atoms with Gasteiger partial charge >= 0.3 is 0 Å². The Morgan fingerprint density at radius 2 is 1.76 bits per heavy atom. The molecule has 0 saturated carbocycles. The van der Waals surface area contributed by atoms with Gasteiger partial charge in [0.25, 0.3) is 15.9 Å². The normalized spacial score (nSPS) is 11.4. The van der Waals surface area contributed by atoms with Gasteiger partial charge in [-0.15, -0.1) is 0 Å². The van der Waals surface area contributed by atoms with Gasteiger partial charge in [0.05, 0.1) is 4.90 Å². The molecule has 6 heteroatoms. The van der Waals surface area contributed by atoms with E-state index in [4.69, 9.17) is 0 Å². The number of rotatable bonds is 6. The van der Waals surface area contributed by atoms with Crippen molar-refractivity contribution in [3.8, 4) is 0 Å². The van der Waals surface area contributed by atoms with Crippen LogP contribution in [0.3, 0.4) is 0 Å². The fourth-order valence-electron chi connectivity index (χ4n) is 2.22. The topological polar surface area (TPSA) is 75.3 Å². The Kier molecular flexibility index (Phi) is 5.85. The number of carbonyl (C=O) groups is 1. The lowest BCUT2D eigenvalue weighted by atomic mass is 10.1. The largest absolute Gasteiger partial charge is 0.352 e. The Balaban J connectivity index is 2.23. The van der Waals surface area contributed by atoms with E-state index in [1.807, 2.05) is 33.8 Å². The van der Waals surface area contributed by atoms with Crippen molar-refractivity contribution in [1.82, 2.24) is 5.32 Å². The van der Waals surface area contributed by atoms with Gasteiger partial charge in [-0.05, 0) is 61.2 Å². The maximum absolute atomic E-state index is 12.6. The molecule has 2 N–H and O–H groups in total. The quantitative estimate of drug-likeness (QED) is 0.828. The molecule has 2 aromatic rings. The molecule has 0 spiro atoms. The van der Waals surface area contributed by atoms with E-state index in [0.717, 1.165) is 11.1 Å². The van der Waals surface area contributed by atoms with Crippen molar-refractivity contribution in [3.05, 3.63) is 59.2 Å². The number of amides is 1. The van der Waals surface area contributed by atoms with Crippen molar-refractivity contribution in [2.75, 3.05) is 11.3 Å². The number of aryl methyl sites for hydroxylation is 2. The molecule has 5 nitrogen and oxygen atoms in total. The number of sulfonamides is 1. The van der Waals surface area contributed by atoms with Crippen LogP contribution in [-0.4, -0.2) is 20.9 Å². The SMILES string of the molecule is Cc1ccc(NS(=O)(=O)c2cccc(C(=O)NCC(C)C)c2)cc1C. The molecule has 0 aromatic heterocycles. The molecule has 0 saturated heterocycles. The predicted molar refractivity (Wildman–Crippen MR) is 100 cm³/mol. The smallest absolute Gasteiger partial charge is 0.261 e. The third-order valence-corrected chi connectivity index (χ3v) is 5.22. The summed E-state index contributed by atoms with van der Waals surface area (Å²) in [5.41, 5.74) is 2.91. The van der Waals surface area contributed by atoms with Crippen LogP contribution >= 0.6 is 0 Å². The summed E-state index contributed by atoms with van der Waals surface area (Å²) in [4.78, 5) is 12.2. The van der Waals surface area contributed by atoms with Crippen LogP contribution < -0.4 is 10.0 Å². The zero-order valence-corrected chi connectivity index (χ0v) is 15.8. The van der Waals surface area contributed by atoms with E-state index in [2.05, 4.69) is 10.0 Å². The van der Waals surface area contributed by atoms with E-state index in [-0.39, 0.29) is 10.8 Å². The van der Waals surface area contributed by atoms with Crippen LogP contribution in [-0.2, 0) is 10.0 Å². The molecular formula is C19H24N2O3S. The second-order valence-electron chi connectivity index (χ2n) is 6.54. The van der Waals surface area contributed by atoms with Crippen LogP contribution in [0.5, 0.6) is 0 Å². The molecule has 0 aliphatic carbocycles. The van der Waals surface area contributed by atoms with Gasteiger partial charge in [0.1, 0.15) is 0 Å². The average Bonchev–Trinajstić information content (AvgIpc) is 2.56. The van der Waals surface area contributed by atoms with Gasteiger partial charge in [-0.3, -0.25) is 9.52 Å². The monoisotopic (exact) mass is 360 g/mol. The van der Waals surface area contributed by atoms with E-state index in [0.29, 0.717) is 23.7 Å². The van der Waals surface area contributed by atoms with E-state index in [1.54, 1.807) is 24.3 Å². The second-order valence-corrected chi connectivity index (χ2v) is 8.22. The van der Waals surface area contributed by atoms with Gasteiger partial charge in [-0.25, -0.2) is 8.42 Å². The van der Waals surface area contributed by atoms with Gasteiger partial charge in [-0.2, -0.15) is 0 Å². The molecule has 0 aliphatic heterocycles. The Bertz CT molecular complexity index is 874. The number of benzene rings is 2. The summed E-state index contributed by atoms with van der Waals surface area (Å²) >= 11 is 0. The number of hydrogen-bond donors (Lipinski definition) is 2. The van der Waals surface area contributed by atoms with Crippen molar-refractivity contribution in [1.29, 1.82) is 0 Å². The summed E-state index contributed by atoms with van der Waals surface area (Å²) in [6.45, 7) is 8.42. The summed E-state index contributed by atoms with van der Waals surface area (Å²) in [7, 11) is -3.76. The van der Waals surface area contributed by atoms with Crippen LogP contribution in [0, 0.1) is 19.8 Å². The molecule has 0 atom stereocenters. The lowest BCUT2D eigenvalue weighted by Crippen LogP contribution is -2.27. The van der Waals surface area contributed by atoms with Gasteiger partial charge in [0.2, 0.25) is 0 Å². The Morgan fingerprint density at radius 1 is 1.04 bits per heavy atom. The first-order valence-electron chi connectivity index (χ1n) is 8.17. The first-order chi connectivity index (χ1) is 11.7. The Labute approximate surface area is 149 Å². The van der Waals surface area contributed by atoms with Crippen LogP contribution in [0.15, 0.2) is 47.4 Å². The van der Waals surface area contributed by atoms with Crippen LogP contribution in [0.25, 0.3) is 0 Å². The van der Waals surface area contributed by atoms with Crippen LogP contribution in [0.1, 0.15) is 35.3 Å². The van der Waals surface area contributed by atoms with Gasteiger partial charge in [0, 0.05) is 17.8 Å². The molecule has 25 heavy (non-hydrogen) atoms. The van der Waals surface area contributed by atoms with Crippen molar-refractivity contribution in [3.63, 3.8) is 0 Å². The van der Waals surface area contributed by atoms with Gasteiger partial charge in [0.15, 0.2) is 0 Å². The lowest BCUT2D eigenvalue weighted by Gasteiger charge is -2.11. The summed E-state index contributed by atoms with van der Waals surface area (Å²) in [6, 6.07) is 11.4. The molecule has 0 fully saturated rings. The summed E-state index contributed by atoms with van der Waals surface area (Å²) in [5.74, 6) is 0.0410. The predicted octanol–water partition coefficient (Wildman–Crippen LogP) is 3.49. The first kappa shape index (κ1) is 19.0. The molecule has 134 valence electrons. The maximum Gasteiger partial charge on any atom is 0.261 e. The molecule has 1 amide bonds. The standard InChI is InChI=1S/C19H24N2O3S/c1-13(2)12-20-19(22)16-6-5-7-18(11-16)25(23,24)21-17-9-8-14(3)15(4)10-17/h5-11,13,21H,12H2,1-4H3,(H,20,22). The fourth-order valence-corrected chi connectivity index (χ4v) is 3.32. The third kappa shape index (κ3) is 5.06. The van der Waals surface area contributed by atoms with Crippen molar-refractivity contribution in [2.24, 2.45) is 5.92 Å². The number of anilines is 1. The minimum atomic E-state index is -3.76. The van der Waals surface area contributed by atoms with Crippen LogP contribution in [0.2, 0.25) is 0 Å². The third-order valence-electron chi connectivity index (χ3n) is 3.84. The molecule has 2 aromatic carbocycles. The van der Waals surface area contributed by atoms with E-state index < -0.39 is 10.0 Å². The minimum absolute atomic E-state index is 0.0583. The Hall–Kier alpha value is -2.34. The molecule has 2 rings (SSSR count). The fraction of sp³-hybridized carbons (Fsp3) is 0.316. The average molecular weight is 360 g/mol. The highest BCUT2D eigenvalue weighted by molar-refractivity contribution is 7.92. The van der Waals surface area contributed by atoms with E-state index in [9.17, 15) is 13.2 Å². The molecule has 0 unspecified atom stereocenters. The van der Waals surface area contributed by atoms with E-state index in [1.165, 1.54) is 12.1 Å². The Morgan fingerprint density at radius 3 is 2.40 bits per heavy atom. The maximum atomic E-state index is 12.6. The molecular weight excluding hydrogens is 336 g/mol. The van der Waals surface area contributed by atoms with Crippen molar-refractivity contribution in [2.45, 2.75) is 32.6 Å². The summed E-state index contributed by atoms with van der Waals surface area (Å²) < 4.78 is 27.8. The molecule has 0 aliphatic rings. The van der Waals surface area contributed by atoms with Crippen molar-refractivity contribution < 1.29 is 13.2 Å². The number of hydrogen-bond acceptors (Lipinski definition) is 3. The number of carbonyl (C=O) groups excluding carboxylic acids is 1. The summed E-state index contributed by atoms with van der Waals surface area (Å²) in [5, 5.41) is 2.79.